The first kappa shape index (κ1) is 15.3. The summed E-state index contributed by atoms with van der Waals surface area (Å²) in [6, 6.07) is 7.11. The normalized spacial score (nSPS) is 10.5. The Labute approximate surface area is 126 Å². The second-order valence-corrected chi connectivity index (χ2v) is 4.92. The van der Waals surface area contributed by atoms with Crippen molar-refractivity contribution in [3.05, 3.63) is 63.0 Å². The molecule has 6 heteroatoms. The van der Waals surface area contributed by atoms with Crippen LogP contribution in [0.25, 0.3) is 0 Å². The van der Waals surface area contributed by atoms with Crippen LogP contribution in [0.15, 0.2) is 30.3 Å². The van der Waals surface area contributed by atoms with E-state index >= 15 is 0 Å². The molecule has 0 spiro atoms. The van der Waals surface area contributed by atoms with Gasteiger partial charge in [-0.15, -0.1) is 11.6 Å². The van der Waals surface area contributed by atoms with Crippen LogP contribution in [-0.4, -0.2) is 4.92 Å². The van der Waals surface area contributed by atoms with Crippen LogP contribution in [0.4, 0.5) is 10.1 Å². The van der Waals surface area contributed by atoms with Gasteiger partial charge in [0.25, 0.3) is 5.69 Å². The molecule has 0 unspecified atom stereocenters. The highest BCUT2D eigenvalue weighted by atomic mass is 35.5. The standard InChI is InChI=1S/C15H13ClFNO3/c1-9-6-15(10(2)5-13(9)18(19)20)21-14-4-3-12(17)7-11(14)8-16/h3-7H,8H2,1-2H3. The summed E-state index contributed by atoms with van der Waals surface area (Å²) in [6.45, 7) is 3.35. The monoisotopic (exact) mass is 309 g/mol. The molecule has 0 saturated carbocycles. The maximum atomic E-state index is 13.2. The van der Waals surface area contributed by atoms with Crippen molar-refractivity contribution in [1.29, 1.82) is 0 Å². The molecule has 0 aliphatic carbocycles. The van der Waals surface area contributed by atoms with Gasteiger partial charge in [0, 0.05) is 17.2 Å². The van der Waals surface area contributed by atoms with Gasteiger partial charge >= 0.3 is 0 Å². The number of aryl methyl sites for hydroxylation is 2. The van der Waals surface area contributed by atoms with Gasteiger partial charge in [-0.25, -0.2) is 4.39 Å². The lowest BCUT2D eigenvalue weighted by molar-refractivity contribution is -0.385. The minimum absolute atomic E-state index is 0.0384. The Hall–Kier alpha value is -2.14. The van der Waals surface area contributed by atoms with Gasteiger partial charge in [0.15, 0.2) is 0 Å². The Bertz CT molecular complexity index is 704. The van der Waals surface area contributed by atoms with E-state index in [0.717, 1.165) is 0 Å². The third kappa shape index (κ3) is 3.31. The maximum Gasteiger partial charge on any atom is 0.272 e. The van der Waals surface area contributed by atoms with Crippen LogP contribution in [-0.2, 0) is 5.88 Å². The van der Waals surface area contributed by atoms with Crippen LogP contribution < -0.4 is 4.74 Å². The van der Waals surface area contributed by atoms with E-state index in [0.29, 0.717) is 28.2 Å². The molecule has 0 atom stereocenters. The third-order valence-electron chi connectivity index (χ3n) is 3.08. The molecule has 0 aromatic heterocycles. The molecule has 2 aromatic rings. The van der Waals surface area contributed by atoms with Crippen molar-refractivity contribution in [3.63, 3.8) is 0 Å². The van der Waals surface area contributed by atoms with Crippen molar-refractivity contribution >= 4 is 17.3 Å². The summed E-state index contributed by atoms with van der Waals surface area (Å²) in [5, 5.41) is 10.9. The number of halogens is 2. The quantitative estimate of drug-likeness (QED) is 0.459. The van der Waals surface area contributed by atoms with Crippen molar-refractivity contribution in [2.75, 3.05) is 0 Å². The molecule has 0 fully saturated rings. The summed E-state index contributed by atoms with van der Waals surface area (Å²) in [5.41, 5.74) is 1.68. The molecule has 2 rings (SSSR count). The van der Waals surface area contributed by atoms with Crippen molar-refractivity contribution in [1.82, 2.24) is 0 Å². The number of hydrogen-bond acceptors (Lipinski definition) is 3. The predicted octanol–water partition coefficient (Wildman–Crippen LogP) is 4.88. The first-order valence-electron chi connectivity index (χ1n) is 6.20. The molecule has 0 aliphatic heterocycles. The molecule has 0 aliphatic rings. The van der Waals surface area contributed by atoms with E-state index in [1.54, 1.807) is 19.9 Å². The lowest BCUT2D eigenvalue weighted by Gasteiger charge is -2.12. The Kier molecular flexibility index (Phi) is 4.43. The second-order valence-electron chi connectivity index (χ2n) is 4.65. The number of ether oxygens (including phenoxy) is 1. The average molecular weight is 310 g/mol. The number of benzene rings is 2. The first-order valence-corrected chi connectivity index (χ1v) is 6.73. The minimum atomic E-state index is -0.436. The molecule has 0 N–H and O–H groups in total. The van der Waals surface area contributed by atoms with E-state index in [4.69, 9.17) is 16.3 Å². The van der Waals surface area contributed by atoms with Crippen LogP contribution in [0.1, 0.15) is 16.7 Å². The molecule has 4 nitrogen and oxygen atoms in total. The molecule has 2 aromatic carbocycles. The fourth-order valence-corrected chi connectivity index (χ4v) is 2.16. The Balaban J connectivity index is 2.41. The predicted molar refractivity (Wildman–Crippen MR) is 78.6 cm³/mol. The minimum Gasteiger partial charge on any atom is -0.457 e. The van der Waals surface area contributed by atoms with E-state index in [1.807, 2.05) is 0 Å². The topological polar surface area (TPSA) is 52.4 Å². The smallest absolute Gasteiger partial charge is 0.272 e. The lowest BCUT2D eigenvalue weighted by atomic mass is 10.1. The Morgan fingerprint density at radius 2 is 1.90 bits per heavy atom. The first-order chi connectivity index (χ1) is 9.92. The van der Waals surface area contributed by atoms with Gasteiger partial charge in [-0.2, -0.15) is 0 Å². The molecular formula is C15H13ClFNO3. The van der Waals surface area contributed by atoms with Crippen molar-refractivity contribution in [3.8, 4) is 11.5 Å². The van der Waals surface area contributed by atoms with E-state index in [-0.39, 0.29) is 11.6 Å². The maximum absolute atomic E-state index is 13.2. The summed E-state index contributed by atoms with van der Waals surface area (Å²) in [4.78, 5) is 10.5. The second kappa shape index (κ2) is 6.10. The summed E-state index contributed by atoms with van der Waals surface area (Å²) in [6.07, 6.45) is 0. The number of rotatable bonds is 4. The van der Waals surface area contributed by atoms with Crippen molar-refractivity contribution in [2.24, 2.45) is 0 Å². The fourth-order valence-electron chi connectivity index (χ4n) is 1.95. The van der Waals surface area contributed by atoms with Crippen LogP contribution in [0, 0.1) is 29.8 Å². The summed E-state index contributed by atoms with van der Waals surface area (Å²) in [7, 11) is 0. The van der Waals surface area contributed by atoms with Gasteiger partial charge in [-0.1, -0.05) is 0 Å². The van der Waals surface area contributed by atoms with Crippen LogP contribution in [0.5, 0.6) is 11.5 Å². The van der Waals surface area contributed by atoms with Gasteiger partial charge in [-0.3, -0.25) is 10.1 Å². The van der Waals surface area contributed by atoms with Crippen molar-refractivity contribution < 1.29 is 14.1 Å². The highest BCUT2D eigenvalue weighted by Gasteiger charge is 2.15. The van der Waals surface area contributed by atoms with Gasteiger partial charge in [0.05, 0.1) is 10.8 Å². The molecular weight excluding hydrogens is 297 g/mol. The molecule has 0 radical (unpaired) electrons. The summed E-state index contributed by atoms with van der Waals surface area (Å²) >= 11 is 5.77. The zero-order valence-corrected chi connectivity index (χ0v) is 12.3. The van der Waals surface area contributed by atoms with E-state index in [9.17, 15) is 14.5 Å². The van der Waals surface area contributed by atoms with Crippen LogP contribution in [0.2, 0.25) is 0 Å². The van der Waals surface area contributed by atoms with E-state index in [2.05, 4.69) is 0 Å². The molecule has 21 heavy (non-hydrogen) atoms. The van der Waals surface area contributed by atoms with Crippen LogP contribution in [0.3, 0.4) is 0 Å². The van der Waals surface area contributed by atoms with Gasteiger partial charge in [0.2, 0.25) is 0 Å². The van der Waals surface area contributed by atoms with Gasteiger partial charge < -0.3 is 4.74 Å². The molecule has 110 valence electrons. The average Bonchev–Trinajstić information content (AvgIpc) is 2.43. The van der Waals surface area contributed by atoms with Gasteiger partial charge in [-0.05, 0) is 43.7 Å². The largest absolute Gasteiger partial charge is 0.457 e. The number of alkyl halides is 1. The lowest BCUT2D eigenvalue weighted by Crippen LogP contribution is -1.97. The number of nitro groups is 1. The SMILES string of the molecule is Cc1cc([N+](=O)[O-])c(C)cc1Oc1ccc(F)cc1CCl. The molecule has 0 amide bonds. The summed E-state index contributed by atoms with van der Waals surface area (Å²) in [5.74, 6) is 0.631. The van der Waals surface area contributed by atoms with Crippen LogP contribution >= 0.6 is 11.6 Å². The number of nitrogens with zero attached hydrogens (tertiary/aromatic N) is 1. The third-order valence-corrected chi connectivity index (χ3v) is 3.36. The highest BCUT2D eigenvalue weighted by Crippen LogP contribution is 2.33. The highest BCUT2D eigenvalue weighted by molar-refractivity contribution is 6.17. The summed E-state index contributed by atoms with van der Waals surface area (Å²) < 4.78 is 18.9. The zero-order valence-electron chi connectivity index (χ0n) is 11.5. The van der Waals surface area contributed by atoms with E-state index in [1.165, 1.54) is 24.3 Å². The fraction of sp³-hybridized carbons (Fsp3) is 0.200. The molecule has 0 bridgehead atoms. The zero-order chi connectivity index (χ0) is 15.6. The molecule has 0 saturated heterocycles. The van der Waals surface area contributed by atoms with Gasteiger partial charge in [0.1, 0.15) is 17.3 Å². The Morgan fingerprint density at radius 1 is 1.19 bits per heavy atom. The number of nitro benzene ring substituents is 1. The Morgan fingerprint density at radius 3 is 2.52 bits per heavy atom. The number of hydrogen-bond donors (Lipinski definition) is 0. The molecule has 0 heterocycles. The van der Waals surface area contributed by atoms with Crippen molar-refractivity contribution in [2.45, 2.75) is 19.7 Å². The van der Waals surface area contributed by atoms with E-state index < -0.39 is 10.7 Å².